The van der Waals surface area contributed by atoms with Crippen LogP contribution >= 0.6 is 8.18 Å². The van der Waals surface area contributed by atoms with Crippen molar-refractivity contribution in [2.24, 2.45) is 5.92 Å². The Morgan fingerprint density at radius 3 is 2.38 bits per heavy atom. The Morgan fingerprint density at radius 2 is 1.74 bits per heavy atom. The Morgan fingerprint density at radius 1 is 1.09 bits per heavy atom. The van der Waals surface area contributed by atoms with E-state index in [9.17, 15) is 18.9 Å². The van der Waals surface area contributed by atoms with Gasteiger partial charge in [0.15, 0.2) is 28.6 Å². The number of ether oxygens (including phenoxy) is 2. The van der Waals surface area contributed by atoms with E-state index in [0.29, 0.717) is 6.61 Å². The Bertz CT molecular complexity index is 1610. The maximum atomic E-state index is 14.0. The van der Waals surface area contributed by atoms with Crippen LogP contribution in [0.15, 0.2) is 36.7 Å². The summed E-state index contributed by atoms with van der Waals surface area (Å²) < 4.78 is 46.4. The lowest BCUT2D eigenvalue weighted by atomic mass is 9.94. The van der Waals surface area contributed by atoms with Crippen molar-refractivity contribution in [1.82, 2.24) is 24.6 Å². The predicted octanol–water partition coefficient (Wildman–Crippen LogP) is 7.73. The molecule has 1 unspecified atom stereocenters. The fourth-order valence-electron chi connectivity index (χ4n) is 6.73. The highest BCUT2D eigenvalue weighted by molar-refractivity contribution is 7.36. The number of benzene rings is 1. The first kappa shape index (κ1) is 42.2. The largest absolute Gasteiger partial charge is 0.614 e. The monoisotopic (exact) mass is 755 g/mol. The summed E-state index contributed by atoms with van der Waals surface area (Å²) in [5.41, 5.74) is 5.17. The van der Waals surface area contributed by atoms with Crippen molar-refractivity contribution in [1.29, 1.82) is 0 Å². The zero-order valence-electron chi connectivity index (χ0n) is 31.3. The number of nitrogen functional groups attached to an aromatic ring is 1. The Balaban J connectivity index is 1.37. The molecule has 3 aromatic rings. The molecule has 0 saturated carbocycles. The van der Waals surface area contributed by atoms with Crippen LogP contribution in [0.5, 0.6) is 0 Å². The number of carbonyl (C=O) groups excluding carboxylic acids is 1. The second-order valence-corrected chi connectivity index (χ2v) is 15.1. The summed E-state index contributed by atoms with van der Waals surface area (Å²) in [5, 5.41) is 13.8. The number of nitrogens with zero attached hydrogens (tertiary/aromatic N) is 4. The van der Waals surface area contributed by atoms with Gasteiger partial charge in [0.2, 0.25) is 0 Å². The van der Waals surface area contributed by atoms with Crippen LogP contribution in [-0.2, 0) is 29.8 Å². The Hall–Kier alpha value is -3.53. The molecule has 1 aliphatic rings. The van der Waals surface area contributed by atoms with Crippen molar-refractivity contribution in [2.45, 2.75) is 141 Å². The first-order valence-corrected chi connectivity index (χ1v) is 20.4. The molecule has 0 amide bonds. The molecule has 0 radical (unpaired) electrons. The molecule has 3 heterocycles. The minimum atomic E-state index is -2.67. The van der Waals surface area contributed by atoms with Crippen molar-refractivity contribution in [3.05, 3.63) is 48.3 Å². The highest BCUT2D eigenvalue weighted by Gasteiger charge is 2.50. The number of nitrogens with two attached hydrogens (primary N) is 1. The highest BCUT2D eigenvalue weighted by Crippen LogP contribution is 2.39. The number of anilines is 1. The van der Waals surface area contributed by atoms with Crippen molar-refractivity contribution in [3.8, 4) is 12.3 Å². The van der Waals surface area contributed by atoms with E-state index in [1.165, 1.54) is 75.1 Å². The van der Waals surface area contributed by atoms with E-state index in [4.69, 9.17) is 26.2 Å². The van der Waals surface area contributed by atoms with E-state index in [0.717, 1.165) is 31.2 Å². The van der Waals surface area contributed by atoms with Gasteiger partial charge < -0.3 is 20.3 Å². The zero-order chi connectivity index (χ0) is 38.1. The van der Waals surface area contributed by atoms with Gasteiger partial charge in [-0.3, -0.25) is 9.36 Å². The number of aliphatic hydroxyl groups excluding tert-OH is 1. The van der Waals surface area contributed by atoms with Crippen LogP contribution in [0.3, 0.4) is 0 Å². The summed E-state index contributed by atoms with van der Waals surface area (Å²) >= 11 is 0. The zero-order valence-corrected chi connectivity index (χ0v) is 32.2. The average Bonchev–Trinajstić information content (AvgIpc) is 3.73. The molecule has 0 bridgehead atoms. The van der Waals surface area contributed by atoms with E-state index >= 15 is 0 Å². The van der Waals surface area contributed by atoms with Gasteiger partial charge in [0.05, 0.1) is 12.9 Å². The van der Waals surface area contributed by atoms with Gasteiger partial charge in [-0.15, -0.1) is 10.9 Å². The van der Waals surface area contributed by atoms with Gasteiger partial charge in [-0.1, -0.05) is 132 Å². The van der Waals surface area contributed by atoms with Gasteiger partial charge in [0.25, 0.3) is 0 Å². The summed E-state index contributed by atoms with van der Waals surface area (Å²) in [6, 6.07) is 8.43. The molecule has 5 atom stereocenters. The van der Waals surface area contributed by atoms with E-state index in [-0.39, 0.29) is 35.7 Å². The Labute approximate surface area is 314 Å². The maximum absolute atomic E-state index is 14.0. The van der Waals surface area contributed by atoms with Gasteiger partial charge in [-0.25, -0.2) is 4.98 Å². The van der Waals surface area contributed by atoms with Crippen LogP contribution in [-0.4, -0.2) is 61.6 Å². The van der Waals surface area contributed by atoms with Gasteiger partial charge in [-0.2, -0.15) is 14.4 Å². The summed E-state index contributed by atoms with van der Waals surface area (Å²) in [7, 11) is -2.67. The standard InChI is InChI=1S/C39H57FN6O6P/c1-4-7-9-11-13-16-22-30(23-17-14-12-10-8-5-2)26-50-37(48)31(24-29-20-18-15-19-21-29)45-53(49)51-27-39(6-3)32(47)25-33(52-39)46-28-42-34-35(41)43-38(40)44-36(34)46/h3,15,18-21,28,30-33,47H,4-5,7-14,16-17,22-27H2,1-2H3,(H,45,49)(H2,41,43,44)/q+1/t31-,32-,33+,39+/m0/s1. The number of terminal acetylenes is 1. The van der Waals surface area contributed by atoms with Crippen molar-refractivity contribution >= 4 is 31.1 Å². The lowest BCUT2D eigenvalue weighted by Gasteiger charge is -2.24. The number of hydrogen-bond acceptors (Lipinski definition) is 10. The number of esters is 1. The molecule has 4 rings (SSSR count). The molecule has 53 heavy (non-hydrogen) atoms. The molecule has 1 aliphatic heterocycles. The van der Waals surface area contributed by atoms with Gasteiger partial charge in [0, 0.05) is 12.8 Å². The molecule has 12 nitrogen and oxygen atoms in total. The second kappa shape index (κ2) is 22.0. The number of carbonyl (C=O) groups is 1. The smallest absolute Gasteiger partial charge is 0.464 e. The topological polar surface area (TPSA) is 164 Å². The van der Waals surface area contributed by atoms with E-state index in [1.807, 2.05) is 30.3 Å². The van der Waals surface area contributed by atoms with Crippen LogP contribution in [0.4, 0.5) is 10.2 Å². The number of halogens is 1. The number of aromatic nitrogens is 4. The highest BCUT2D eigenvalue weighted by atomic mass is 31.1. The lowest BCUT2D eigenvalue weighted by Crippen LogP contribution is -2.43. The number of nitrogens with one attached hydrogen (secondary N) is 1. The quantitative estimate of drug-likeness (QED) is 0.0255. The number of aliphatic hydroxyl groups is 1. The summed E-state index contributed by atoms with van der Waals surface area (Å²) in [6.07, 6.45) is 20.7. The molecule has 1 saturated heterocycles. The third-order valence-corrected chi connectivity index (χ3v) is 10.8. The predicted molar refractivity (Wildman–Crippen MR) is 203 cm³/mol. The molecule has 4 N–H and O–H groups in total. The van der Waals surface area contributed by atoms with Crippen LogP contribution in [0.2, 0.25) is 0 Å². The van der Waals surface area contributed by atoms with E-state index in [1.54, 1.807) is 0 Å². The average molecular weight is 756 g/mol. The van der Waals surface area contributed by atoms with Crippen LogP contribution in [0.25, 0.3) is 11.2 Å². The van der Waals surface area contributed by atoms with E-state index < -0.39 is 50.8 Å². The molecular weight excluding hydrogens is 698 g/mol. The molecule has 0 aliphatic carbocycles. The summed E-state index contributed by atoms with van der Waals surface area (Å²) in [5.74, 6) is 2.05. The van der Waals surface area contributed by atoms with Crippen molar-refractivity contribution in [2.75, 3.05) is 18.9 Å². The molecule has 2 aromatic heterocycles. The first-order valence-electron chi connectivity index (χ1n) is 19.3. The molecular formula is C39H57FN6O6P+. The molecule has 1 aromatic carbocycles. The summed E-state index contributed by atoms with van der Waals surface area (Å²) in [6.45, 7) is 4.27. The minimum absolute atomic E-state index is 0.0175. The first-order chi connectivity index (χ1) is 25.7. The normalized spacial score (nSPS) is 19.4. The summed E-state index contributed by atoms with van der Waals surface area (Å²) in [4.78, 5) is 25.0. The van der Waals surface area contributed by atoms with Gasteiger partial charge in [0.1, 0.15) is 18.9 Å². The third-order valence-electron chi connectivity index (χ3n) is 9.90. The Kier molecular flexibility index (Phi) is 17.5. The van der Waals surface area contributed by atoms with Crippen LogP contribution in [0, 0.1) is 24.3 Å². The number of hydrogen-bond donors (Lipinski definition) is 3. The molecule has 0 spiro atoms. The molecule has 290 valence electrons. The maximum Gasteiger partial charge on any atom is 0.614 e. The SMILES string of the molecule is C#C[C@]1(CO[P+](=O)N[C@@H](Cc2ccccc2)C(=O)OCC(CCCCCCCC)CCCCCCCC)O[C@@H](n2cnc3c(N)nc(F)nc32)C[C@@H]1O. The fourth-order valence-corrected chi connectivity index (χ4v) is 7.57. The van der Waals surface area contributed by atoms with Gasteiger partial charge in [-0.05, 0) is 28.9 Å². The minimum Gasteiger partial charge on any atom is -0.464 e. The van der Waals surface area contributed by atoms with E-state index in [2.05, 4.69) is 39.8 Å². The number of rotatable bonds is 25. The van der Waals surface area contributed by atoms with Gasteiger partial charge >= 0.3 is 20.2 Å². The van der Waals surface area contributed by atoms with Crippen LogP contribution in [0.1, 0.15) is 122 Å². The fraction of sp³-hybridized carbons (Fsp3) is 0.641. The second-order valence-electron chi connectivity index (χ2n) is 14.1. The number of fused-ring (bicyclic) bond motifs is 1. The van der Waals surface area contributed by atoms with Crippen LogP contribution < -0.4 is 10.8 Å². The number of unbranched alkanes of at least 4 members (excludes halogenated alkanes) is 10. The molecule has 1 fully saturated rings. The van der Waals surface area contributed by atoms with Crippen molar-refractivity contribution in [3.63, 3.8) is 0 Å². The molecule has 14 heteroatoms. The number of imidazole rings is 1. The lowest BCUT2D eigenvalue weighted by molar-refractivity contribution is -0.147. The third kappa shape index (κ3) is 12.8. The van der Waals surface area contributed by atoms with Crippen molar-refractivity contribution < 1.29 is 32.9 Å².